The number of benzene rings is 1. The SMILES string of the molecule is COc1cc(C=CCCNC(=O)OCc2ccccc2)cnc1N. The topological polar surface area (TPSA) is 86.5 Å². The Labute approximate surface area is 141 Å². The van der Waals surface area contributed by atoms with Crippen molar-refractivity contribution in [3.63, 3.8) is 0 Å². The molecule has 0 unspecified atom stereocenters. The van der Waals surface area contributed by atoms with Crippen molar-refractivity contribution in [2.75, 3.05) is 19.4 Å². The van der Waals surface area contributed by atoms with Gasteiger partial charge in [0.25, 0.3) is 0 Å². The van der Waals surface area contributed by atoms with E-state index in [4.69, 9.17) is 15.2 Å². The highest BCUT2D eigenvalue weighted by Gasteiger charge is 2.01. The van der Waals surface area contributed by atoms with Gasteiger partial charge in [0.2, 0.25) is 0 Å². The van der Waals surface area contributed by atoms with Crippen LogP contribution in [0.1, 0.15) is 17.5 Å². The third kappa shape index (κ3) is 5.64. The van der Waals surface area contributed by atoms with Gasteiger partial charge in [-0.1, -0.05) is 42.5 Å². The van der Waals surface area contributed by atoms with E-state index >= 15 is 0 Å². The van der Waals surface area contributed by atoms with Crippen LogP contribution in [-0.2, 0) is 11.3 Å². The minimum atomic E-state index is -0.428. The Bertz CT molecular complexity index is 687. The zero-order chi connectivity index (χ0) is 17.2. The molecule has 2 aromatic rings. The van der Waals surface area contributed by atoms with Gasteiger partial charge in [0.15, 0.2) is 11.6 Å². The highest BCUT2D eigenvalue weighted by molar-refractivity contribution is 5.67. The van der Waals surface area contributed by atoms with E-state index in [1.54, 1.807) is 19.4 Å². The van der Waals surface area contributed by atoms with Crippen molar-refractivity contribution in [2.45, 2.75) is 13.0 Å². The van der Waals surface area contributed by atoms with Gasteiger partial charge in [-0.05, 0) is 23.6 Å². The fraction of sp³-hybridized carbons (Fsp3) is 0.222. The molecule has 0 aliphatic rings. The molecule has 126 valence electrons. The summed E-state index contributed by atoms with van der Waals surface area (Å²) in [6.07, 6.45) is 5.74. The lowest BCUT2D eigenvalue weighted by Gasteiger charge is -2.06. The van der Waals surface area contributed by atoms with Crippen LogP contribution in [0.4, 0.5) is 10.6 Å². The Morgan fingerprint density at radius 3 is 2.88 bits per heavy atom. The highest BCUT2D eigenvalue weighted by atomic mass is 16.5. The number of nitrogens with one attached hydrogen (secondary N) is 1. The van der Waals surface area contributed by atoms with Crippen LogP contribution < -0.4 is 15.8 Å². The minimum Gasteiger partial charge on any atom is -0.493 e. The summed E-state index contributed by atoms with van der Waals surface area (Å²) in [6, 6.07) is 11.4. The minimum absolute atomic E-state index is 0.263. The van der Waals surface area contributed by atoms with Gasteiger partial charge in [-0.3, -0.25) is 0 Å². The average molecular weight is 327 g/mol. The summed E-state index contributed by atoms with van der Waals surface area (Å²) in [4.78, 5) is 15.6. The molecule has 6 nitrogen and oxygen atoms in total. The Morgan fingerprint density at radius 1 is 1.33 bits per heavy atom. The Kier molecular flexibility index (Phi) is 6.64. The molecule has 24 heavy (non-hydrogen) atoms. The van der Waals surface area contributed by atoms with Gasteiger partial charge in [0, 0.05) is 12.7 Å². The molecule has 2 rings (SSSR count). The predicted molar refractivity (Wildman–Crippen MR) is 93.5 cm³/mol. The molecule has 0 aliphatic heterocycles. The lowest BCUT2D eigenvalue weighted by Crippen LogP contribution is -2.24. The van der Waals surface area contributed by atoms with E-state index in [2.05, 4.69) is 10.3 Å². The van der Waals surface area contributed by atoms with E-state index in [9.17, 15) is 4.79 Å². The van der Waals surface area contributed by atoms with Crippen LogP contribution in [0, 0.1) is 0 Å². The van der Waals surface area contributed by atoms with Crippen molar-refractivity contribution in [3.8, 4) is 5.75 Å². The molecule has 1 aromatic carbocycles. The Balaban J connectivity index is 1.67. The molecular weight excluding hydrogens is 306 g/mol. The summed E-state index contributed by atoms with van der Waals surface area (Å²) in [7, 11) is 1.55. The molecule has 0 saturated carbocycles. The largest absolute Gasteiger partial charge is 0.493 e. The summed E-state index contributed by atoms with van der Waals surface area (Å²) >= 11 is 0. The fourth-order valence-corrected chi connectivity index (χ4v) is 1.98. The molecule has 0 spiro atoms. The number of alkyl carbamates (subject to hydrolysis) is 1. The number of aromatic nitrogens is 1. The van der Waals surface area contributed by atoms with Gasteiger partial charge in [-0.25, -0.2) is 9.78 Å². The van der Waals surface area contributed by atoms with Crippen LogP contribution in [0.15, 0.2) is 48.7 Å². The number of nitrogen functional groups attached to an aromatic ring is 1. The zero-order valence-electron chi connectivity index (χ0n) is 13.6. The summed E-state index contributed by atoms with van der Waals surface area (Å²) < 4.78 is 10.2. The van der Waals surface area contributed by atoms with Gasteiger partial charge >= 0.3 is 6.09 Å². The number of rotatable bonds is 7. The van der Waals surface area contributed by atoms with Crippen LogP contribution in [0.5, 0.6) is 5.75 Å². The number of nitrogens with two attached hydrogens (primary N) is 1. The normalized spacial score (nSPS) is 10.5. The Morgan fingerprint density at radius 2 is 2.12 bits per heavy atom. The average Bonchev–Trinajstić information content (AvgIpc) is 2.62. The quantitative estimate of drug-likeness (QED) is 0.763. The van der Waals surface area contributed by atoms with Crippen LogP contribution in [-0.4, -0.2) is 24.7 Å². The second-order valence-corrected chi connectivity index (χ2v) is 5.04. The summed E-state index contributed by atoms with van der Waals surface area (Å²) in [6.45, 7) is 0.753. The zero-order valence-corrected chi connectivity index (χ0v) is 13.6. The van der Waals surface area contributed by atoms with Gasteiger partial charge < -0.3 is 20.5 Å². The Hall–Kier alpha value is -3.02. The van der Waals surface area contributed by atoms with E-state index in [1.807, 2.05) is 42.5 Å². The van der Waals surface area contributed by atoms with E-state index in [0.29, 0.717) is 24.5 Å². The van der Waals surface area contributed by atoms with Crippen molar-refractivity contribution < 1.29 is 14.3 Å². The van der Waals surface area contributed by atoms with Crippen molar-refractivity contribution in [1.29, 1.82) is 0 Å². The van der Waals surface area contributed by atoms with Crippen molar-refractivity contribution in [1.82, 2.24) is 10.3 Å². The fourth-order valence-electron chi connectivity index (χ4n) is 1.98. The first-order chi connectivity index (χ1) is 11.7. The van der Waals surface area contributed by atoms with E-state index in [-0.39, 0.29) is 6.61 Å². The molecule has 1 amide bonds. The molecule has 6 heteroatoms. The molecule has 0 radical (unpaired) electrons. The number of carbonyl (C=O) groups excluding carboxylic acids is 1. The highest BCUT2D eigenvalue weighted by Crippen LogP contribution is 2.19. The van der Waals surface area contributed by atoms with Crippen molar-refractivity contribution in [2.24, 2.45) is 0 Å². The molecule has 3 N–H and O–H groups in total. The number of nitrogens with zero attached hydrogens (tertiary/aromatic N) is 1. The van der Waals surface area contributed by atoms with E-state index in [0.717, 1.165) is 11.1 Å². The number of hydrogen-bond donors (Lipinski definition) is 2. The van der Waals surface area contributed by atoms with Crippen LogP contribution >= 0.6 is 0 Å². The maximum Gasteiger partial charge on any atom is 0.407 e. The molecule has 1 heterocycles. The van der Waals surface area contributed by atoms with E-state index < -0.39 is 6.09 Å². The first-order valence-electron chi connectivity index (χ1n) is 7.59. The number of anilines is 1. The maximum absolute atomic E-state index is 11.6. The van der Waals surface area contributed by atoms with Crippen LogP contribution in [0.3, 0.4) is 0 Å². The lowest BCUT2D eigenvalue weighted by molar-refractivity contribution is 0.140. The summed E-state index contributed by atoms with van der Waals surface area (Å²) in [5.74, 6) is 0.900. The number of pyridine rings is 1. The molecule has 0 saturated heterocycles. The number of amides is 1. The van der Waals surface area contributed by atoms with Gasteiger partial charge in [-0.2, -0.15) is 0 Å². The maximum atomic E-state index is 11.6. The van der Waals surface area contributed by atoms with Gasteiger partial charge in [0.05, 0.1) is 7.11 Å². The first-order valence-corrected chi connectivity index (χ1v) is 7.59. The molecule has 0 aliphatic carbocycles. The van der Waals surface area contributed by atoms with E-state index in [1.165, 1.54) is 0 Å². The molecule has 0 atom stereocenters. The predicted octanol–water partition coefficient (Wildman–Crippen LogP) is 3.00. The molecule has 0 bridgehead atoms. The first kappa shape index (κ1) is 17.3. The smallest absolute Gasteiger partial charge is 0.407 e. The summed E-state index contributed by atoms with van der Waals surface area (Å²) in [5.41, 5.74) is 7.50. The molecule has 0 fully saturated rings. The van der Waals surface area contributed by atoms with Crippen molar-refractivity contribution in [3.05, 3.63) is 59.8 Å². The monoisotopic (exact) mass is 327 g/mol. The van der Waals surface area contributed by atoms with Crippen molar-refractivity contribution >= 4 is 18.0 Å². The van der Waals surface area contributed by atoms with Crippen LogP contribution in [0.2, 0.25) is 0 Å². The second kappa shape index (κ2) is 9.19. The van der Waals surface area contributed by atoms with Gasteiger partial charge in [-0.15, -0.1) is 0 Å². The third-order valence-electron chi connectivity index (χ3n) is 3.23. The number of methoxy groups -OCH3 is 1. The standard InChI is InChI=1S/C18H21N3O3/c1-23-16-11-15(12-21-17(16)19)9-5-6-10-20-18(22)24-13-14-7-3-2-4-8-14/h2-5,7-9,11-12H,6,10,13H2,1H3,(H2,19,21)(H,20,22). The number of ether oxygens (including phenoxy) is 2. The molecule has 1 aromatic heterocycles. The lowest BCUT2D eigenvalue weighted by atomic mass is 10.2. The number of hydrogen-bond acceptors (Lipinski definition) is 5. The second-order valence-electron chi connectivity index (χ2n) is 5.04. The molecular formula is C18H21N3O3. The van der Waals surface area contributed by atoms with Crippen LogP contribution in [0.25, 0.3) is 6.08 Å². The number of carbonyl (C=O) groups is 1. The third-order valence-corrected chi connectivity index (χ3v) is 3.23. The summed E-state index contributed by atoms with van der Waals surface area (Å²) in [5, 5.41) is 2.70. The van der Waals surface area contributed by atoms with Gasteiger partial charge in [0.1, 0.15) is 6.61 Å².